The molecule has 5 heteroatoms. The molecule has 0 unspecified atom stereocenters. The molecule has 0 bridgehead atoms. The number of likely N-dealkylation sites (tertiary alicyclic amines) is 1. The molecule has 3 rings (SSSR count). The van der Waals surface area contributed by atoms with Crippen LogP contribution in [-0.2, 0) is 4.74 Å². The number of aromatic nitrogens is 1. The van der Waals surface area contributed by atoms with Gasteiger partial charge >= 0.3 is 6.09 Å². The second-order valence-electron chi connectivity index (χ2n) is 7.82. The summed E-state index contributed by atoms with van der Waals surface area (Å²) < 4.78 is 5.56. The summed E-state index contributed by atoms with van der Waals surface area (Å²) in [5, 5.41) is 0. The van der Waals surface area contributed by atoms with Crippen molar-refractivity contribution in [1.82, 2.24) is 9.88 Å². The van der Waals surface area contributed by atoms with Crippen LogP contribution in [0, 0.1) is 0 Å². The second kappa shape index (κ2) is 6.71. The maximum Gasteiger partial charge on any atom is 0.416 e. The Bertz CT molecular complexity index is 575. The zero-order valence-electron chi connectivity index (χ0n) is 15.3. The van der Waals surface area contributed by atoms with Gasteiger partial charge in [0.2, 0.25) is 0 Å². The summed E-state index contributed by atoms with van der Waals surface area (Å²) in [5.41, 5.74) is 0.758. The molecule has 1 saturated carbocycles. The van der Waals surface area contributed by atoms with Crippen molar-refractivity contribution in [2.24, 2.45) is 0 Å². The van der Waals surface area contributed by atoms with E-state index in [4.69, 9.17) is 4.74 Å². The number of hydrogen-bond acceptors (Lipinski definition) is 4. The Morgan fingerprint density at radius 2 is 2.08 bits per heavy atom. The van der Waals surface area contributed by atoms with E-state index < -0.39 is 5.60 Å². The molecule has 2 fully saturated rings. The average Bonchev–Trinajstić information content (AvgIpc) is 3.22. The van der Waals surface area contributed by atoms with Crippen molar-refractivity contribution in [3.63, 3.8) is 0 Å². The lowest BCUT2D eigenvalue weighted by Crippen LogP contribution is -2.38. The number of anilines is 1. The van der Waals surface area contributed by atoms with Crippen LogP contribution in [0.2, 0.25) is 0 Å². The van der Waals surface area contributed by atoms with Crippen molar-refractivity contribution in [2.45, 2.75) is 71.1 Å². The highest BCUT2D eigenvalue weighted by Crippen LogP contribution is 2.34. The molecule has 2 heterocycles. The van der Waals surface area contributed by atoms with E-state index in [1.807, 2.05) is 33.0 Å². The van der Waals surface area contributed by atoms with Crippen molar-refractivity contribution < 1.29 is 9.53 Å². The lowest BCUT2D eigenvalue weighted by molar-refractivity contribution is 0.0576. The van der Waals surface area contributed by atoms with Crippen LogP contribution in [0.4, 0.5) is 10.6 Å². The van der Waals surface area contributed by atoms with Crippen LogP contribution >= 0.6 is 0 Å². The summed E-state index contributed by atoms with van der Waals surface area (Å²) in [4.78, 5) is 21.4. The van der Waals surface area contributed by atoms with E-state index in [0.29, 0.717) is 11.9 Å². The molecule has 5 nitrogen and oxygen atoms in total. The number of amides is 1. The molecular weight excluding hydrogens is 302 g/mol. The van der Waals surface area contributed by atoms with Gasteiger partial charge in [0.1, 0.15) is 11.4 Å². The molecule has 24 heavy (non-hydrogen) atoms. The molecule has 1 amide bonds. The molecule has 1 aliphatic heterocycles. The van der Waals surface area contributed by atoms with Gasteiger partial charge in [-0.15, -0.1) is 0 Å². The third-order valence-electron chi connectivity index (χ3n) is 4.67. The Balaban J connectivity index is 1.76. The minimum absolute atomic E-state index is 0.233. The minimum Gasteiger partial charge on any atom is -0.443 e. The first kappa shape index (κ1) is 17.2. The molecule has 2 aliphatic rings. The maximum atomic E-state index is 12.5. The van der Waals surface area contributed by atoms with Crippen LogP contribution in [0.3, 0.4) is 0 Å². The van der Waals surface area contributed by atoms with Crippen LogP contribution in [0.25, 0.3) is 0 Å². The molecular formula is C19H29N3O2. The lowest BCUT2D eigenvalue weighted by atomic mass is 10.1. The highest BCUT2D eigenvalue weighted by Gasteiger charge is 2.37. The van der Waals surface area contributed by atoms with E-state index in [2.05, 4.69) is 22.9 Å². The highest BCUT2D eigenvalue weighted by molar-refractivity contribution is 5.88. The predicted octanol–water partition coefficient (Wildman–Crippen LogP) is 4.14. The van der Waals surface area contributed by atoms with E-state index in [-0.39, 0.29) is 12.1 Å². The van der Waals surface area contributed by atoms with Crippen LogP contribution in [-0.4, -0.2) is 40.7 Å². The predicted molar refractivity (Wildman–Crippen MR) is 95.2 cm³/mol. The fourth-order valence-corrected chi connectivity index (χ4v) is 3.39. The molecule has 1 aliphatic carbocycles. The Labute approximate surface area is 145 Å². The number of rotatable bonds is 4. The van der Waals surface area contributed by atoms with Gasteiger partial charge < -0.3 is 4.74 Å². The third-order valence-corrected chi connectivity index (χ3v) is 4.67. The summed E-state index contributed by atoms with van der Waals surface area (Å²) in [5.74, 6) is 0.705. The number of pyridine rings is 1. The fraction of sp³-hybridized carbons (Fsp3) is 0.684. The molecule has 0 radical (unpaired) electrons. The number of hydrogen-bond donors (Lipinski definition) is 0. The molecule has 0 N–H and O–H groups in total. The van der Waals surface area contributed by atoms with E-state index in [9.17, 15) is 4.79 Å². The second-order valence-corrected chi connectivity index (χ2v) is 7.82. The van der Waals surface area contributed by atoms with E-state index in [0.717, 1.165) is 25.9 Å². The van der Waals surface area contributed by atoms with Gasteiger partial charge in [-0.1, -0.05) is 13.0 Å². The first-order chi connectivity index (χ1) is 11.4. The summed E-state index contributed by atoms with van der Waals surface area (Å²) >= 11 is 0. The van der Waals surface area contributed by atoms with Crippen molar-refractivity contribution in [3.8, 4) is 0 Å². The van der Waals surface area contributed by atoms with Gasteiger partial charge in [-0.3, -0.25) is 9.80 Å². The fourth-order valence-electron chi connectivity index (χ4n) is 3.39. The Morgan fingerprint density at radius 1 is 1.33 bits per heavy atom. The van der Waals surface area contributed by atoms with Gasteiger partial charge in [0.15, 0.2) is 0 Å². The zero-order valence-corrected chi connectivity index (χ0v) is 15.3. The van der Waals surface area contributed by atoms with Crippen molar-refractivity contribution in [3.05, 3.63) is 23.9 Å². The van der Waals surface area contributed by atoms with Crippen LogP contribution in [0.15, 0.2) is 18.3 Å². The summed E-state index contributed by atoms with van der Waals surface area (Å²) in [6.45, 7) is 10.1. The van der Waals surface area contributed by atoms with E-state index >= 15 is 0 Å². The molecule has 1 aromatic heterocycles. The van der Waals surface area contributed by atoms with Gasteiger partial charge in [0.05, 0.1) is 0 Å². The minimum atomic E-state index is -0.490. The third kappa shape index (κ3) is 3.89. The molecule has 1 aromatic rings. The topological polar surface area (TPSA) is 45.7 Å². The monoisotopic (exact) mass is 331 g/mol. The van der Waals surface area contributed by atoms with E-state index in [1.54, 1.807) is 4.90 Å². The SMILES string of the molecule is CCN1CCC[C@H]1c1ccc(N(C(=O)OC(C)(C)C)C2CC2)nc1. The smallest absolute Gasteiger partial charge is 0.416 e. The number of carbonyl (C=O) groups is 1. The highest BCUT2D eigenvalue weighted by atomic mass is 16.6. The summed E-state index contributed by atoms with van der Waals surface area (Å²) in [6, 6.07) is 4.80. The number of ether oxygens (including phenoxy) is 1. The Kier molecular flexibility index (Phi) is 4.81. The van der Waals surface area contributed by atoms with Gasteiger partial charge in [0, 0.05) is 18.3 Å². The van der Waals surface area contributed by atoms with Crippen molar-refractivity contribution >= 4 is 11.9 Å². The lowest BCUT2D eigenvalue weighted by Gasteiger charge is -2.27. The van der Waals surface area contributed by atoms with Gasteiger partial charge in [-0.25, -0.2) is 9.78 Å². The maximum absolute atomic E-state index is 12.5. The Morgan fingerprint density at radius 3 is 2.62 bits per heavy atom. The standard InChI is InChI=1S/C19H29N3O2/c1-5-21-12-6-7-16(21)14-8-11-17(20-13-14)22(15-9-10-15)18(23)24-19(2,3)4/h8,11,13,15-16H,5-7,9-10,12H2,1-4H3/t16-/m0/s1. The largest absolute Gasteiger partial charge is 0.443 e. The van der Waals surface area contributed by atoms with Crippen LogP contribution in [0.5, 0.6) is 0 Å². The quantitative estimate of drug-likeness (QED) is 0.832. The zero-order chi connectivity index (χ0) is 17.3. The van der Waals surface area contributed by atoms with Crippen LogP contribution < -0.4 is 4.90 Å². The molecule has 0 spiro atoms. The summed E-state index contributed by atoms with van der Waals surface area (Å²) in [6.07, 6.45) is 6.12. The molecule has 0 aromatic carbocycles. The number of carbonyl (C=O) groups excluding carboxylic acids is 1. The molecule has 1 atom stereocenters. The van der Waals surface area contributed by atoms with Crippen LogP contribution in [0.1, 0.15) is 65.0 Å². The molecule has 132 valence electrons. The number of nitrogens with zero attached hydrogens (tertiary/aromatic N) is 3. The van der Waals surface area contributed by atoms with Gasteiger partial charge in [-0.05, 0) is 71.2 Å². The molecule has 1 saturated heterocycles. The van der Waals surface area contributed by atoms with Crippen molar-refractivity contribution in [1.29, 1.82) is 0 Å². The summed E-state index contributed by atoms with van der Waals surface area (Å²) in [7, 11) is 0. The first-order valence-corrected chi connectivity index (χ1v) is 9.11. The van der Waals surface area contributed by atoms with E-state index in [1.165, 1.54) is 18.4 Å². The average molecular weight is 331 g/mol. The van der Waals surface area contributed by atoms with Crippen molar-refractivity contribution in [2.75, 3.05) is 18.0 Å². The van der Waals surface area contributed by atoms with Gasteiger partial charge in [-0.2, -0.15) is 0 Å². The Hall–Kier alpha value is -1.62. The van der Waals surface area contributed by atoms with Gasteiger partial charge in [0.25, 0.3) is 0 Å². The normalized spacial score (nSPS) is 21.8. The first-order valence-electron chi connectivity index (χ1n) is 9.11.